The molecule has 1 aromatic heterocycles. The van der Waals surface area contributed by atoms with Crippen LogP contribution in [0, 0.1) is 6.92 Å². The van der Waals surface area contributed by atoms with Crippen molar-refractivity contribution in [2.24, 2.45) is 0 Å². The molecule has 0 atom stereocenters. The van der Waals surface area contributed by atoms with E-state index in [1.54, 1.807) is 18.3 Å². The third kappa shape index (κ3) is 3.71. The molecule has 9 heteroatoms. The molecule has 0 N–H and O–H groups in total. The minimum atomic E-state index is -4.55. The van der Waals surface area contributed by atoms with E-state index in [-0.39, 0.29) is 4.90 Å². The molecule has 0 unspecified atom stereocenters. The third-order valence-electron chi connectivity index (χ3n) is 4.13. The van der Waals surface area contributed by atoms with Crippen LogP contribution in [0.5, 0.6) is 0 Å². The highest BCUT2D eigenvalue weighted by atomic mass is 32.2. The van der Waals surface area contributed by atoms with Gasteiger partial charge < -0.3 is 9.80 Å². The first kappa shape index (κ1) is 17.5. The first-order chi connectivity index (χ1) is 11.9. The van der Waals surface area contributed by atoms with Gasteiger partial charge in [0.05, 0.1) is 4.90 Å². The molecule has 0 spiro atoms. The largest absolute Gasteiger partial charge is 0.368 e. The van der Waals surface area contributed by atoms with Crippen molar-refractivity contribution in [2.75, 3.05) is 36.0 Å². The Morgan fingerprint density at radius 1 is 1.00 bits per heavy atom. The highest BCUT2D eigenvalue weighted by Gasteiger charge is 2.26. The Morgan fingerprint density at radius 3 is 2.16 bits per heavy atom. The lowest BCUT2D eigenvalue weighted by Gasteiger charge is -2.36. The molecule has 0 radical (unpaired) electrons. The van der Waals surface area contributed by atoms with Crippen LogP contribution < -0.4 is 9.80 Å². The van der Waals surface area contributed by atoms with Crippen LogP contribution in [-0.4, -0.2) is 50.3 Å². The van der Waals surface area contributed by atoms with Crippen LogP contribution in [-0.2, 0) is 9.84 Å². The van der Waals surface area contributed by atoms with Gasteiger partial charge in [0, 0.05) is 38.1 Å². The van der Waals surface area contributed by atoms with Crippen molar-refractivity contribution < 1.29 is 17.2 Å². The molecule has 3 rings (SSSR count). The third-order valence-corrected chi connectivity index (χ3v) is 5.53. The quantitative estimate of drug-likeness (QED) is 0.824. The van der Waals surface area contributed by atoms with Crippen molar-refractivity contribution in [1.29, 1.82) is 0 Å². The number of hydrogen-bond acceptors (Lipinski definition) is 6. The van der Waals surface area contributed by atoms with Gasteiger partial charge in [-0.15, -0.1) is 0 Å². The summed E-state index contributed by atoms with van der Waals surface area (Å²) in [6.45, 7) is 4.81. The van der Waals surface area contributed by atoms with Crippen molar-refractivity contribution in [3.8, 4) is 0 Å². The summed E-state index contributed by atoms with van der Waals surface area (Å²) in [5.41, 5.74) is 0.812. The second kappa shape index (κ2) is 6.91. The molecule has 0 saturated carbocycles. The summed E-state index contributed by atoms with van der Waals surface area (Å²) >= 11 is 0. The van der Waals surface area contributed by atoms with E-state index in [4.69, 9.17) is 0 Å². The normalized spacial score (nSPS) is 15.7. The first-order valence-corrected chi connectivity index (χ1v) is 9.34. The van der Waals surface area contributed by atoms with Crippen LogP contribution in [0.3, 0.4) is 0 Å². The Hall–Kier alpha value is -2.29. The summed E-state index contributed by atoms with van der Waals surface area (Å²) in [7, 11) is -4.55. The number of hydrogen-bond donors (Lipinski definition) is 0. The molecular weight excluding hydrogens is 350 g/mol. The monoisotopic (exact) mass is 368 g/mol. The van der Waals surface area contributed by atoms with E-state index in [1.165, 1.54) is 12.1 Å². The van der Waals surface area contributed by atoms with Gasteiger partial charge in [-0.25, -0.2) is 18.4 Å². The number of halogens is 2. The fourth-order valence-electron chi connectivity index (χ4n) is 2.76. The van der Waals surface area contributed by atoms with E-state index < -0.39 is 15.6 Å². The lowest BCUT2D eigenvalue weighted by atomic mass is 10.2. The van der Waals surface area contributed by atoms with Crippen LogP contribution in [0.1, 0.15) is 5.82 Å². The lowest BCUT2D eigenvalue weighted by Crippen LogP contribution is -2.46. The average Bonchev–Trinajstić information content (AvgIpc) is 2.62. The molecule has 134 valence electrons. The Labute approximate surface area is 145 Å². The summed E-state index contributed by atoms with van der Waals surface area (Å²) in [5.74, 6) is -1.81. The van der Waals surface area contributed by atoms with Crippen molar-refractivity contribution in [3.05, 3.63) is 42.4 Å². The van der Waals surface area contributed by atoms with Crippen LogP contribution in [0.25, 0.3) is 0 Å². The average molecular weight is 368 g/mol. The molecule has 2 aromatic rings. The number of piperazine rings is 1. The number of benzene rings is 1. The maximum Gasteiger partial charge on any atom is 0.341 e. The van der Waals surface area contributed by atoms with E-state index in [1.807, 2.05) is 13.0 Å². The van der Waals surface area contributed by atoms with Gasteiger partial charge in [-0.3, -0.25) is 0 Å². The highest BCUT2D eigenvalue weighted by molar-refractivity contribution is 7.91. The van der Waals surface area contributed by atoms with Gasteiger partial charge in [0.2, 0.25) is 9.84 Å². The fourth-order valence-corrected chi connectivity index (χ4v) is 3.48. The number of aromatic nitrogens is 2. The summed E-state index contributed by atoms with van der Waals surface area (Å²) in [6, 6.07) is 7.47. The van der Waals surface area contributed by atoms with Gasteiger partial charge in [-0.1, -0.05) is 0 Å². The van der Waals surface area contributed by atoms with E-state index in [2.05, 4.69) is 19.8 Å². The van der Waals surface area contributed by atoms with Crippen LogP contribution >= 0.6 is 0 Å². The van der Waals surface area contributed by atoms with Gasteiger partial charge in [0.1, 0.15) is 11.6 Å². The van der Waals surface area contributed by atoms with Gasteiger partial charge in [0.25, 0.3) is 0 Å². The SMILES string of the molecule is Cc1nccc(N2CCN(c3ccc(S(=O)(=O)C(F)F)cc3)CC2)n1. The van der Waals surface area contributed by atoms with Crippen LogP contribution in [0.4, 0.5) is 20.3 Å². The number of nitrogens with zero attached hydrogens (tertiary/aromatic N) is 4. The molecule has 1 aliphatic heterocycles. The van der Waals surface area contributed by atoms with Crippen molar-refractivity contribution in [3.63, 3.8) is 0 Å². The number of sulfone groups is 1. The van der Waals surface area contributed by atoms with Gasteiger partial charge in [0.15, 0.2) is 0 Å². The van der Waals surface area contributed by atoms with E-state index in [0.29, 0.717) is 0 Å². The first-order valence-electron chi connectivity index (χ1n) is 7.79. The Bertz CT molecular complexity index is 835. The predicted octanol–water partition coefficient (Wildman–Crippen LogP) is 2.11. The molecule has 6 nitrogen and oxygen atoms in total. The van der Waals surface area contributed by atoms with E-state index in [0.717, 1.165) is 43.5 Å². The van der Waals surface area contributed by atoms with Crippen LogP contribution in [0.15, 0.2) is 41.4 Å². The van der Waals surface area contributed by atoms with E-state index >= 15 is 0 Å². The van der Waals surface area contributed by atoms with Crippen molar-refractivity contribution in [1.82, 2.24) is 9.97 Å². The Balaban J connectivity index is 1.67. The smallest absolute Gasteiger partial charge is 0.341 e. The number of alkyl halides is 2. The Morgan fingerprint density at radius 2 is 1.60 bits per heavy atom. The Kier molecular flexibility index (Phi) is 4.85. The van der Waals surface area contributed by atoms with Gasteiger partial charge >= 0.3 is 5.76 Å². The zero-order chi connectivity index (χ0) is 18.0. The maximum absolute atomic E-state index is 12.6. The molecule has 25 heavy (non-hydrogen) atoms. The highest BCUT2D eigenvalue weighted by Crippen LogP contribution is 2.23. The molecule has 1 saturated heterocycles. The summed E-state index contributed by atoms with van der Waals surface area (Å²) < 4.78 is 48.1. The molecule has 0 amide bonds. The molecule has 0 aliphatic carbocycles. The molecule has 2 heterocycles. The second-order valence-corrected chi connectivity index (χ2v) is 7.65. The number of anilines is 2. The topological polar surface area (TPSA) is 66.4 Å². The lowest BCUT2D eigenvalue weighted by molar-refractivity contribution is 0.234. The second-order valence-electron chi connectivity index (χ2n) is 5.74. The molecule has 0 bridgehead atoms. The zero-order valence-corrected chi connectivity index (χ0v) is 14.5. The molecule has 1 aromatic carbocycles. The number of rotatable bonds is 4. The van der Waals surface area contributed by atoms with Crippen LogP contribution in [0.2, 0.25) is 0 Å². The predicted molar refractivity (Wildman–Crippen MR) is 90.8 cm³/mol. The number of aryl methyl sites for hydroxylation is 1. The van der Waals surface area contributed by atoms with Gasteiger partial charge in [-0.05, 0) is 37.3 Å². The molecular formula is C16H18F2N4O2S. The standard InChI is InChI=1S/C16H18F2N4O2S/c1-12-19-7-6-15(20-12)22-10-8-21(9-11-22)13-2-4-14(5-3-13)25(23,24)16(17)18/h2-7,16H,8-11H2,1H3. The molecule has 1 aliphatic rings. The zero-order valence-electron chi connectivity index (χ0n) is 13.6. The minimum Gasteiger partial charge on any atom is -0.368 e. The maximum atomic E-state index is 12.6. The molecule has 1 fully saturated rings. The minimum absolute atomic E-state index is 0.360. The van der Waals surface area contributed by atoms with E-state index in [9.17, 15) is 17.2 Å². The summed E-state index contributed by atoms with van der Waals surface area (Å²) in [5, 5.41) is 0. The van der Waals surface area contributed by atoms with Crippen molar-refractivity contribution >= 4 is 21.3 Å². The van der Waals surface area contributed by atoms with Gasteiger partial charge in [-0.2, -0.15) is 8.78 Å². The fraction of sp³-hybridized carbons (Fsp3) is 0.375. The summed E-state index contributed by atoms with van der Waals surface area (Å²) in [6.07, 6.45) is 1.73. The summed E-state index contributed by atoms with van der Waals surface area (Å²) in [4.78, 5) is 12.4. The van der Waals surface area contributed by atoms with Crippen molar-refractivity contribution in [2.45, 2.75) is 17.6 Å².